The second-order valence-electron chi connectivity index (χ2n) is 10.1. The number of urea groups is 1. The van der Waals surface area contributed by atoms with Crippen LogP contribution in [0.4, 0.5) is 16.2 Å². The van der Waals surface area contributed by atoms with Crippen molar-refractivity contribution in [1.29, 1.82) is 0 Å². The van der Waals surface area contributed by atoms with Crippen LogP contribution in [0.2, 0.25) is 0 Å². The number of rotatable bonds is 7. The van der Waals surface area contributed by atoms with Crippen LogP contribution in [0.15, 0.2) is 48.5 Å². The van der Waals surface area contributed by atoms with Crippen LogP contribution in [-0.2, 0) is 4.79 Å². The molecule has 2 aromatic carbocycles. The Bertz CT molecular complexity index is 1100. The van der Waals surface area contributed by atoms with E-state index in [4.69, 9.17) is 0 Å². The van der Waals surface area contributed by atoms with E-state index in [-0.39, 0.29) is 23.8 Å². The van der Waals surface area contributed by atoms with Gasteiger partial charge in [-0.2, -0.15) is 0 Å². The lowest BCUT2D eigenvalue weighted by molar-refractivity contribution is -0.132. The Hall–Kier alpha value is -3.55. The van der Waals surface area contributed by atoms with Gasteiger partial charge in [0.25, 0.3) is 5.91 Å². The number of hydrogen-bond donors (Lipinski definition) is 2. The predicted molar refractivity (Wildman–Crippen MR) is 152 cm³/mol. The van der Waals surface area contributed by atoms with Crippen LogP contribution in [0.3, 0.4) is 0 Å². The zero-order chi connectivity index (χ0) is 26.9. The summed E-state index contributed by atoms with van der Waals surface area (Å²) in [6.45, 7) is 8.69. The van der Waals surface area contributed by atoms with Gasteiger partial charge in [0.2, 0.25) is 5.91 Å². The summed E-state index contributed by atoms with van der Waals surface area (Å²) in [6, 6.07) is 15.3. The first-order valence-corrected chi connectivity index (χ1v) is 14.1. The van der Waals surface area contributed by atoms with Gasteiger partial charge in [-0.25, -0.2) is 4.79 Å². The summed E-state index contributed by atoms with van der Waals surface area (Å²) < 4.78 is 0. The van der Waals surface area contributed by atoms with Crippen molar-refractivity contribution in [2.75, 3.05) is 56.0 Å². The maximum atomic E-state index is 13.7. The summed E-state index contributed by atoms with van der Waals surface area (Å²) in [6.07, 6.45) is 4.76. The first-order valence-electron chi connectivity index (χ1n) is 14.1. The standard InChI is InChI=1S/C30H41N5O3/c1-3-25(23-12-7-5-8-13-23)28(36)35-19-11-18-33(20-21-35)27-15-14-24(32-30(38)31-4-2)22-26(27)29(37)34-16-9-6-10-17-34/h5,7-8,12-15,22,25H,3-4,6,9-11,16-21H2,1-2H3,(H2,31,32,38). The normalized spacial score (nSPS) is 16.9. The van der Waals surface area contributed by atoms with Crippen LogP contribution >= 0.6 is 0 Å². The fourth-order valence-electron chi connectivity index (χ4n) is 5.50. The highest BCUT2D eigenvalue weighted by Crippen LogP contribution is 2.29. The lowest BCUT2D eigenvalue weighted by atomic mass is 9.95. The molecule has 0 saturated carbocycles. The van der Waals surface area contributed by atoms with Gasteiger partial charge in [-0.1, -0.05) is 37.3 Å². The molecule has 2 aliphatic heterocycles. The van der Waals surface area contributed by atoms with Crippen LogP contribution in [0, 0.1) is 0 Å². The molecule has 204 valence electrons. The van der Waals surface area contributed by atoms with E-state index in [0.29, 0.717) is 37.4 Å². The molecule has 1 unspecified atom stereocenters. The van der Waals surface area contributed by atoms with Crippen molar-refractivity contribution in [1.82, 2.24) is 15.1 Å². The second kappa shape index (κ2) is 13.3. The second-order valence-corrected chi connectivity index (χ2v) is 10.1. The van der Waals surface area contributed by atoms with Gasteiger partial charge in [0.05, 0.1) is 11.5 Å². The highest BCUT2D eigenvalue weighted by molar-refractivity contribution is 6.02. The number of benzene rings is 2. The van der Waals surface area contributed by atoms with Gasteiger partial charge in [-0.05, 0) is 62.8 Å². The lowest BCUT2D eigenvalue weighted by Gasteiger charge is -2.31. The first kappa shape index (κ1) is 27.5. The summed E-state index contributed by atoms with van der Waals surface area (Å²) in [5.41, 5.74) is 3.13. The van der Waals surface area contributed by atoms with Crippen molar-refractivity contribution < 1.29 is 14.4 Å². The average molecular weight is 520 g/mol. The maximum absolute atomic E-state index is 13.7. The van der Waals surface area contributed by atoms with Crippen molar-refractivity contribution >= 4 is 29.2 Å². The molecule has 0 bridgehead atoms. The molecule has 2 fully saturated rings. The van der Waals surface area contributed by atoms with Gasteiger partial charge < -0.3 is 25.3 Å². The molecular formula is C30H41N5O3. The van der Waals surface area contributed by atoms with Crippen molar-refractivity contribution in [2.24, 2.45) is 0 Å². The third-order valence-corrected chi connectivity index (χ3v) is 7.52. The van der Waals surface area contributed by atoms with Gasteiger partial charge in [-0.3, -0.25) is 9.59 Å². The van der Waals surface area contributed by atoms with E-state index in [1.165, 1.54) is 0 Å². The van der Waals surface area contributed by atoms with Gasteiger partial charge in [0.1, 0.15) is 0 Å². The van der Waals surface area contributed by atoms with Crippen LogP contribution in [0.5, 0.6) is 0 Å². The van der Waals surface area contributed by atoms with Crippen molar-refractivity contribution in [3.05, 3.63) is 59.7 Å². The first-order chi connectivity index (χ1) is 18.5. The minimum atomic E-state index is -0.288. The molecule has 4 rings (SSSR count). The van der Waals surface area contributed by atoms with Gasteiger partial charge >= 0.3 is 6.03 Å². The summed E-state index contributed by atoms with van der Waals surface area (Å²) >= 11 is 0. The molecular weight excluding hydrogens is 478 g/mol. The summed E-state index contributed by atoms with van der Waals surface area (Å²) in [7, 11) is 0. The van der Waals surface area contributed by atoms with E-state index in [1.807, 2.05) is 59.2 Å². The monoisotopic (exact) mass is 519 g/mol. The Kier molecular flexibility index (Phi) is 9.62. The van der Waals surface area contributed by atoms with Crippen molar-refractivity contribution in [2.45, 2.75) is 51.9 Å². The zero-order valence-electron chi connectivity index (χ0n) is 22.7. The van der Waals surface area contributed by atoms with Crippen LogP contribution in [-0.4, -0.2) is 73.5 Å². The molecule has 0 spiro atoms. The van der Waals surface area contributed by atoms with E-state index in [9.17, 15) is 14.4 Å². The number of carbonyl (C=O) groups is 3. The fraction of sp³-hybridized carbons (Fsp3) is 0.500. The minimum Gasteiger partial charge on any atom is -0.369 e. The van der Waals surface area contributed by atoms with E-state index in [0.717, 1.165) is 63.0 Å². The SMILES string of the molecule is CCNC(=O)Nc1ccc(N2CCCN(C(=O)C(CC)c3ccccc3)CC2)c(C(=O)N2CCCCC2)c1. The number of carbonyl (C=O) groups excluding carboxylic acids is 3. The third-order valence-electron chi connectivity index (χ3n) is 7.52. The zero-order valence-corrected chi connectivity index (χ0v) is 22.7. The molecule has 2 saturated heterocycles. The summed E-state index contributed by atoms with van der Waals surface area (Å²) in [5, 5.41) is 5.59. The molecule has 2 aliphatic rings. The Morgan fingerprint density at radius 1 is 0.816 bits per heavy atom. The molecule has 8 heteroatoms. The molecule has 4 amide bonds. The van der Waals surface area contributed by atoms with Crippen LogP contribution in [0.25, 0.3) is 0 Å². The largest absolute Gasteiger partial charge is 0.369 e. The quantitative estimate of drug-likeness (QED) is 0.556. The molecule has 0 aliphatic carbocycles. The van der Waals surface area contributed by atoms with Crippen LogP contribution in [0.1, 0.15) is 67.8 Å². The van der Waals surface area contributed by atoms with Crippen LogP contribution < -0.4 is 15.5 Å². The summed E-state index contributed by atoms with van der Waals surface area (Å²) in [4.78, 5) is 45.5. The number of hydrogen-bond acceptors (Lipinski definition) is 4. The number of nitrogens with one attached hydrogen (secondary N) is 2. The Labute approximate surface area is 226 Å². The highest BCUT2D eigenvalue weighted by atomic mass is 16.2. The lowest BCUT2D eigenvalue weighted by Crippen LogP contribution is -2.39. The van der Waals surface area contributed by atoms with Crippen molar-refractivity contribution in [3.8, 4) is 0 Å². The van der Waals surface area contributed by atoms with Gasteiger partial charge in [0.15, 0.2) is 0 Å². The Balaban J connectivity index is 1.54. The molecule has 0 radical (unpaired) electrons. The third kappa shape index (κ3) is 6.65. The molecule has 38 heavy (non-hydrogen) atoms. The van der Waals surface area contributed by atoms with E-state index in [1.54, 1.807) is 6.07 Å². The maximum Gasteiger partial charge on any atom is 0.319 e. The molecule has 2 aromatic rings. The number of likely N-dealkylation sites (tertiary alicyclic amines) is 1. The number of amides is 4. The van der Waals surface area contributed by atoms with Crippen molar-refractivity contribution in [3.63, 3.8) is 0 Å². The molecule has 8 nitrogen and oxygen atoms in total. The molecule has 2 N–H and O–H groups in total. The van der Waals surface area contributed by atoms with E-state index < -0.39 is 0 Å². The Morgan fingerprint density at radius 2 is 1.55 bits per heavy atom. The van der Waals surface area contributed by atoms with E-state index in [2.05, 4.69) is 22.5 Å². The average Bonchev–Trinajstić information content (AvgIpc) is 3.20. The number of piperidine rings is 1. The Morgan fingerprint density at radius 3 is 2.26 bits per heavy atom. The smallest absolute Gasteiger partial charge is 0.319 e. The van der Waals surface area contributed by atoms with Gasteiger partial charge in [-0.15, -0.1) is 0 Å². The highest BCUT2D eigenvalue weighted by Gasteiger charge is 2.28. The molecule has 2 heterocycles. The number of anilines is 2. The van der Waals surface area contributed by atoms with E-state index >= 15 is 0 Å². The molecule has 1 atom stereocenters. The topological polar surface area (TPSA) is 85.0 Å². The van der Waals surface area contributed by atoms with Gasteiger partial charge in [0, 0.05) is 57.2 Å². The number of nitrogens with zero attached hydrogens (tertiary/aromatic N) is 3. The molecule has 0 aromatic heterocycles. The summed E-state index contributed by atoms with van der Waals surface area (Å²) in [5.74, 6) is 0.0387. The minimum absolute atomic E-state index is 0.00607. The predicted octanol–water partition coefficient (Wildman–Crippen LogP) is 4.69. The fourth-order valence-corrected chi connectivity index (χ4v) is 5.50.